The van der Waals surface area contributed by atoms with Crippen LogP contribution in [0.25, 0.3) is 0 Å². The summed E-state index contributed by atoms with van der Waals surface area (Å²) in [5.74, 6) is -0.0666. The molecule has 1 amide bonds. The van der Waals surface area contributed by atoms with Gasteiger partial charge in [-0.15, -0.1) is 0 Å². The van der Waals surface area contributed by atoms with Gasteiger partial charge in [0, 0.05) is 25.4 Å². The number of carbonyl (C=O) groups is 1. The highest BCUT2D eigenvalue weighted by atomic mass is 32.2. The van der Waals surface area contributed by atoms with Crippen LogP contribution in [0, 0.1) is 5.92 Å². The molecule has 0 spiro atoms. The molecule has 0 aromatic carbocycles. The van der Waals surface area contributed by atoms with E-state index in [1.165, 1.54) is 11.2 Å². The smallest absolute Gasteiger partial charge is 0.225 e. The van der Waals surface area contributed by atoms with Crippen LogP contribution in [0.4, 0.5) is 0 Å². The van der Waals surface area contributed by atoms with Crippen LogP contribution in [0.2, 0.25) is 0 Å². The Labute approximate surface area is 122 Å². The van der Waals surface area contributed by atoms with Crippen molar-refractivity contribution in [2.75, 3.05) is 6.54 Å². The lowest BCUT2D eigenvalue weighted by molar-refractivity contribution is -0.119. The summed E-state index contributed by atoms with van der Waals surface area (Å²) in [6.07, 6.45) is 5.99. The van der Waals surface area contributed by atoms with Gasteiger partial charge < -0.3 is 5.32 Å². The third-order valence-corrected chi connectivity index (χ3v) is 4.44. The Morgan fingerprint density at radius 3 is 2.65 bits per heavy atom. The van der Waals surface area contributed by atoms with Crippen molar-refractivity contribution in [2.45, 2.75) is 33.2 Å². The van der Waals surface area contributed by atoms with Gasteiger partial charge in [0.15, 0.2) is 0 Å². The fourth-order valence-corrected chi connectivity index (χ4v) is 3.40. The molecule has 0 bridgehead atoms. The summed E-state index contributed by atoms with van der Waals surface area (Å²) in [4.78, 5) is 11.0. The van der Waals surface area contributed by atoms with Gasteiger partial charge in [0.2, 0.25) is 16.8 Å². The Morgan fingerprint density at radius 1 is 1.55 bits per heavy atom. The van der Waals surface area contributed by atoms with Gasteiger partial charge in [-0.2, -0.15) is 0 Å². The van der Waals surface area contributed by atoms with E-state index in [0.29, 0.717) is 18.7 Å². The highest BCUT2D eigenvalue weighted by molar-refractivity contribution is 7.70. The molecular weight excluding hydrogens is 276 g/mol. The molecule has 1 heterocycles. The van der Waals surface area contributed by atoms with Crippen molar-refractivity contribution in [1.29, 1.82) is 0 Å². The number of nitrogens with zero attached hydrogens (tertiary/aromatic N) is 1. The predicted molar refractivity (Wildman–Crippen MR) is 80.4 cm³/mol. The van der Waals surface area contributed by atoms with Crippen LogP contribution in [0.5, 0.6) is 0 Å². The topological polar surface area (TPSA) is 66.5 Å². The van der Waals surface area contributed by atoms with Gasteiger partial charge in [0.05, 0.1) is 5.70 Å². The fraction of sp³-hybridized carbons (Fsp3) is 0.500. The van der Waals surface area contributed by atoms with E-state index in [2.05, 4.69) is 11.9 Å². The van der Waals surface area contributed by atoms with Crippen LogP contribution >= 0.6 is 0 Å². The number of carbonyl (C=O) groups excluding carboxylic acids is 1. The first kappa shape index (κ1) is 16.5. The molecule has 0 aliphatic carbocycles. The number of nitrogens with one attached hydrogen (secondary N) is 1. The number of hydrogen-bond acceptors (Lipinski definition) is 3. The Morgan fingerprint density at radius 2 is 2.20 bits per heavy atom. The lowest BCUT2D eigenvalue weighted by atomic mass is 9.86. The standard InChI is InChI=1S/C14H22N2O3S/c1-5-7-12-8-13(9-15-11(4)17)10(3)16(20(18)19)14(12)6-2/h5-7,10,13,20H,1,8-9H2,2-4H3,(H,15,17)/b12-7-,14-6+/t10-,13?/m1/s1. The Hall–Kier alpha value is -1.56. The molecule has 1 rings (SSSR count). The Bertz CT molecular complexity index is 513. The SMILES string of the molecule is C=C/C=C1/CC(CNC(C)=O)[C@@H](C)N([SH](=O)=O)/C1=C/C. The average Bonchev–Trinajstić information content (AvgIpc) is 2.37. The number of rotatable bonds is 4. The molecular formula is C14H22N2O3S. The molecule has 1 aliphatic rings. The van der Waals surface area contributed by atoms with Crippen LogP contribution in [0.3, 0.4) is 0 Å². The van der Waals surface area contributed by atoms with Crippen molar-refractivity contribution < 1.29 is 13.2 Å². The van der Waals surface area contributed by atoms with Gasteiger partial charge in [-0.3, -0.25) is 9.10 Å². The fourth-order valence-electron chi connectivity index (χ4n) is 2.49. The molecule has 112 valence electrons. The van der Waals surface area contributed by atoms with Crippen molar-refractivity contribution in [3.63, 3.8) is 0 Å². The third kappa shape index (κ3) is 3.72. The van der Waals surface area contributed by atoms with E-state index in [9.17, 15) is 13.2 Å². The van der Waals surface area contributed by atoms with Crippen molar-refractivity contribution in [2.24, 2.45) is 5.92 Å². The second-order valence-electron chi connectivity index (χ2n) is 4.83. The monoisotopic (exact) mass is 298 g/mol. The zero-order chi connectivity index (χ0) is 15.3. The molecule has 1 unspecified atom stereocenters. The van der Waals surface area contributed by atoms with Crippen LogP contribution in [-0.2, 0) is 15.7 Å². The first-order chi connectivity index (χ1) is 9.42. The summed E-state index contributed by atoms with van der Waals surface area (Å²) in [7, 11) is -2.72. The molecule has 0 radical (unpaired) electrons. The molecule has 20 heavy (non-hydrogen) atoms. The van der Waals surface area contributed by atoms with Crippen molar-refractivity contribution in [3.8, 4) is 0 Å². The maximum absolute atomic E-state index is 11.5. The Kier molecular flexibility index (Phi) is 6.01. The van der Waals surface area contributed by atoms with E-state index in [0.717, 1.165) is 5.57 Å². The second-order valence-corrected chi connectivity index (χ2v) is 5.73. The van der Waals surface area contributed by atoms with E-state index in [4.69, 9.17) is 0 Å². The van der Waals surface area contributed by atoms with Gasteiger partial charge in [-0.25, -0.2) is 8.42 Å². The summed E-state index contributed by atoms with van der Waals surface area (Å²) in [5.41, 5.74) is 1.63. The molecule has 0 aromatic rings. The minimum Gasteiger partial charge on any atom is -0.356 e. The molecule has 0 aromatic heterocycles. The van der Waals surface area contributed by atoms with Crippen LogP contribution in [-0.4, -0.2) is 31.2 Å². The normalized spacial score (nSPS) is 27.1. The minimum absolute atomic E-state index is 0.0432. The van der Waals surface area contributed by atoms with Crippen molar-refractivity contribution in [1.82, 2.24) is 9.62 Å². The van der Waals surface area contributed by atoms with E-state index in [1.54, 1.807) is 12.2 Å². The summed E-state index contributed by atoms with van der Waals surface area (Å²) in [6, 6.07) is -0.184. The van der Waals surface area contributed by atoms with E-state index in [1.807, 2.05) is 19.9 Å². The zero-order valence-corrected chi connectivity index (χ0v) is 13.0. The predicted octanol–water partition coefficient (Wildman–Crippen LogP) is 1.38. The van der Waals surface area contributed by atoms with E-state index < -0.39 is 10.9 Å². The van der Waals surface area contributed by atoms with Crippen molar-refractivity contribution in [3.05, 3.63) is 36.1 Å². The van der Waals surface area contributed by atoms with Gasteiger partial charge >= 0.3 is 0 Å². The quantitative estimate of drug-likeness (QED) is 0.771. The number of thiol groups is 1. The van der Waals surface area contributed by atoms with E-state index in [-0.39, 0.29) is 17.9 Å². The minimum atomic E-state index is -2.72. The van der Waals surface area contributed by atoms with Crippen LogP contribution in [0.1, 0.15) is 27.2 Å². The van der Waals surface area contributed by atoms with Gasteiger partial charge in [-0.1, -0.05) is 24.8 Å². The molecule has 0 saturated carbocycles. The lowest BCUT2D eigenvalue weighted by Gasteiger charge is -2.40. The molecule has 6 heteroatoms. The summed E-state index contributed by atoms with van der Waals surface area (Å²) in [6.45, 7) is 9.27. The Balaban J connectivity index is 3.11. The maximum atomic E-state index is 11.5. The molecule has 2 atom stereocenters. The molecule has 1 N–H and O–H groups in total. The van der Waals surface area contributed by atoms with Crippen LogP contribution < -0.4 is 5.32 Å². The van der Waals surface area contributed by atoms with Gasteiger partial charge in [0.1, 0.15) is 0 Å². The molecule has 1 aliphatic heterocycles. The largest absolute Gasteiger partial charge is 0.356 e. The summed E-state index contributed by atoms with van der Waals surface area (Å²) < 4.78 is 24.5. The third-order valence-electron chi connectivity index (χ3n) is 3.51. The van der Waals surface area contributed by atoms with Gasteiger partial charge in [0.25, 0.3) is 0 Å². The van der Waals surface area contributed by atoms with Crippen molar-refractivity contribution >= 4 is 16.8 Å². The summed E-state index contributed by atoms with van der Waals surface area (Å²) >= 11 is 0. The molecule has 1 saturated heterocycles. The second kappa shape index (κ2) is 7.28. The van der Waals surface area contributed by atoms with E-state index >= 15 is 0 Å². The highest BCUT2D eigenvalue weighted by Gasteiger charge is 2.34. The molecule has 1 fully saturated rings. The molecule has 5 nitrogen and oxygen atoms in total. The first-order valence-corrected chi connectivity index (χ1v) is 7.71. The summed E-state index contributed by atoms with van der Waals surface area (Å²) in [5, 5.41) is 2.77. The lowest BCUT2D eigenvalue weighted by Crippen LogP contribution is -2.46. The first-order valence-electron chi connectivity index (χ1n) is 6.58. The van der Waals surface area contributed by atoms with Gasteiger partial charge in [-0.05, 0) is 25.8 Å². The number of allylic oxidation sites excluding steroid dienone is 4. The number of hydrogen-bond donors (Lipinski definition) is 2. The average molecular weight is 298 g/mol. The number of piperidine rings is 1. The highest BCUT2D eigenvalue weighted by Crippen LogP contribution is 2.34. The maximum Gasteiger partial charge on any atom is 0.225 e. The van der Waals surface area contributed by atoms with Crippen LogP contribution in [0.15, 0.2) is 36.1 Å². The zero-order valence-electron chi connectivity index (χ0n) is 12.1. The number of amides is 1.